The lowest BCUT2D eigenvalue weighted by atomic mass is 10.2. The zero-order valence-corrected chi connectivity index (χ0v) is 9.62. The zero-order chi connectivity index (χ0) is 11.7. The standard InChI is InChI=1S/C10H9N5OS/c16-7-3-6-9(13-5-14-10(6)15-7)12-4-8-11-1-2-17-8/h1-2,5H,3-4H2,(H2,12,13,14,15,16). The van der Waals surface area contributed by atoms with Gasteiger partial charge in [-0.15, -0.1) is 11.3 Å². The molecule has 0 aromatic carbocycles. The van der Waals surface area contributed by atoms with Crippen LogP contribution in [-0.2, 0) is 17.8 Å². The van der Waals surface area contributed by atoms with Crippen molar-refractivity contribution in [3.8, 4) is 0 Å². The SMILES string of the molecule is O=C1Cc2c(NCc3nccs3)ncnc2N1. The summed E-state index contributed by atoms with van der Waals surface area (Å²) in [6.45, 7) is 0.606. The lowest BCUT2D eigenvalue weighted by molar-refractivity contribution is -0.115. The van der Waals surface area contributed by atoms with Gasteiger partial charge in [0.25, 0.3) is 0 Å². The minimum atomic E-state index is -0.0437. The molecule has 0 saturated heterocycles. The second kappa shape index (κ2) is 4.10. The smallest absolute Gasteiger partial charge is 0.230 e. The van der Waals surface area contributed by atoms with Gasteiger partial charge in [0.05, 0.1) is 13.0 Å². The van der Waals surface area contributed by atoms with Crippen LogP contribution in [0.2, 0.25) is 0 Å². The van der Waals surface area contributed by atoms with Crippen LogP contribution in [0.15, 0.2) is 17.9 Å². The van der Waals surface area contributed by atoms with Gasteiger partial charge < -0.3 is 10.6 Å². The molecule has 0 aliphatic carbocycles. The largest absolute Gasteiger partial charge is 0.363 e. The first-order valence-electron chi connectivity index (χ1n) is 5.09. The molecule has 3 rings (SSSR count). The van der Waals surface area contributed by atoms with Gasteiger partial charge in [-0.25, -0.2) is 15.0 Å². The minimum absolute atomic E-state index is 0.0437. The molecule has 1 aliphatic heterocycles. The first kappa shape index (κ1) is 10.2. The molecular formula is C10H9N5OS. The molecule has 0 unspecified atom stereocenters. The van der Waals surface area contributed by atoms with E-state index in [1.807, 2.05) is 5.38 Å². The second-order valence-electron chi connectivity index (χ2n) is 3.55. The summed E-state index contributed by atoms with van der Waals surface area (Å²) in [7, 11) is 0. The molecule has 3 heterocycles. The van der Waals surface area contributed by atoms with Gasteiger partial charge in [0, 0.05) is 17.1 Å². The van der Waals surface area contributed by atoms with Crippen molar-refractivity contribution in [3.05, 3.63) is 28.5 Å². The van der Waals surface area contributed by atoms with Gasteiger partial charge >= 0.3 is 0 Å². The molecule has 7 heteroatoms. The van der Waals surface area contributed by atoms with Crippen molar-refractivity contribution >= 4 is 28.9 Å². The maximum Gasteiger partial charge on any atom is 0.230 e. The van der Waals surface area contributed by atoms with E-state index in [4.69, 9.17) is 0 Å². The number of thiazole rings is 1. The highest BCUT2D eigenvalue weighted by atomic mass is 32.1. The van der Waals surface area contributed by atoms with E-state index in [9.17, 15) is 4.79 Å². The van der Waals surface area contributed by atoms with Gasteiger partial charge in [0.1, 0.15) is 23.0 Å². The van der Waals surface area contributed by atoms with Crippen molar-refractivity contribution in [2.75, 3.05) is 10.6 Å². The number of amides is 1. The van der Waals surface area contributed by atoms with Crippen LogP contribution in [0.3, 0.4) is 0 Å². The molecule has 6 nitrogen and oxygen atoms in total. The number of carbonyl (C=O) groups is 1. The van der Waals surface area contributed by atoms with E-state index in [1.165, 1.54) is 6.33 Å². The highest BCUT2D eigenvalue weighted by molar-refractivity contribution is 7.09. The summed E-state index contributed by atoms with van der Waals surface area (Å²) in [6, 6.07) is 0. The van der Waals surface area contributed by atoms with E-state index in [0.29, 0.717) is 24.6 Å². The molecule has 0 bridgehead atoms. The fraction of sp³-hybridized carbons (Fsp3) is 0.200. The number of aromatic nitrogens is 3. The maximum absolute atomic E-state index is 11.3. The number of fused-ring (bicyclic) bond motifs is 1. The third kappa shape index (κ3) is 1.96. The van der Waals surface area contributed by atoms with Crippen LogP contribution in [0, 0.1) is 0 Å². The second-order valence-corrected chi connectivity index (χ2v) is 4.53. The Hall–Kier alpha value is -2.02. The lowest BCUT2D eigenvalue weighted by Crippen LogP contribution is -2.04. The number of nitrogens with one attached hydrogen (secondary N) is 2. The van der Waals surface area contributed by atoms with Crippen LogP contribution in [0.5, 0.6) is 0 Å². The van der Waals surface area contributed by atoms with E-state index in [1.54, 1.807) is 17.5 Å². The fourth-order valence-corrected chi connectivity index (χ4v) is 2.23. The van der Waals surface area contributed by atoms with E-state index >= 15 is 0 Å². The Morgan fingerprint density at radius 3 is 3.18 bits per heavy atom. The van der Waals surface area contributed by atoms with Crippen molar-refractivity contribution in [3.63, 3.8) is 0 Å². The number of hydrogen-bond donors (Lipinski definition) is 2. The van der Waals surface area contributed by atoms with Crippen LogP contribution in [0.1, 0.15) is 10.6 Å². The van der Waals surface area contributed by atoms with Crippen molar-refractivity contribution in [1.29, 1.82) is 0 Å². The third-order valence-corrected chi connectivity index (χ3v) is 3.21. The Kier molecular flexibility index (Phi) is 2.45. The molecule has 0 atom stereocenters. The summed E-state index contributed by atoms with van der Waals surface area (Å²) < 4.78 is 0. The average Bonchev–Trinajstić information content (AvgIpc) is 2.93. The summed E-state index contributed by atoms with van der Waals surface area (Å²) in [5.74, 6) is 1.26. The highest BCUT2D eigenvalue weighted by Crippen LogP contribution is 2.25. The molecule has 0 fully saturated rings. The third-order valence-electron chi connectivity index (χ3n) is 2.43. The number of rotatable bonds is 3. The Labute approximate surface area is 101 Å². The summed E-state index contributed by atoms with van der Waals surface area (Å²) in [5.41, 5.74) is 0.828. The topological polar surface area (TPSA) is 79.8 Å². The molecule has 2 aromatic heterocycles. The monoisotopic (exact) mass is 247 g/mol. The van der Waals surface area contributed by atoms with Gasteiger partial charge in [0.2, 0.25) is 5.91 Å². The Morgan fingerprint density at radius 2 is 2.35 bits per heavy atom. The van der Waals surface area contributed by atoms with Crippen LogP contribution >= 0.6 is 11.3 Å². The Morgan fingerprint density at radius 1 is 1.41 bits per heavy atom. The van der Waals surface area contributed by atoms with Gasteiger partial charge in [0.15, 0.2) is 0 Å². The van der Waals surface area contributed by atoms with Crippen LogP contribution in [0.4, 0.5) is 11.6 Å². The summed E-state index contributed by atoms with van der Waals surface area (Å²) in [6.07, 6.45) is 3.53. The van der Waals surface area contributed by atoms with Crippen molar-refractivity contribution in [1.82, 2.24) is 15.0 Å². The van der Waals surface area contributed by atoms with Crippen molar-refractivity contribution in [2.45, 2.75) is 13.0 Å². The molecule has 1 amide bonds. The van der Waals surface area contributed by atoms with E-state index in [2.05, 4.69) is 25.6 Å². The maximum atomic E-state index is 11.3. The summed E-state index contributed by atoms with van der Waals surface area (Å²) in [4.78, 5) is 23.6. The van der Waals surface area contributed by atoms with Gasteiger partial charge in [-0.2, -0.15) is 0 Å². The van der Waals surface area contributed by atoms with Gasteiger partial charge in [-0.05, 0) is 0 Å². The first-order valence-corrected chi connectivity index (χ1v) is 5.97. The van der Waals surface area contributed by atoms with E-state index in [-0.39, 0.29) is 5.91 Å². The number of anilines is 2. The molecule has 0 saturated carbocycles. The first-order chi connectivity index (χ1) is 8.33. The average molecular weight is 247 g/mol. The summed E-state index contributed by atoms with van der Waals surface area (Å²) in [5, 5.41) is 8.76. The zero-order valence-electron chi connectivity index (χ0n) is 8.80. The number of hydrogen-bond acceptors (Lipinski definition) is 6. The van der Waals surface area contributed by atoms with Gasteiger partial charge in [-0.1, -0.05) is 0 Å². The predicted octanol–water partition coefficient (Wildman–Crippen LogP) is 1.04. The molecule has 17 heavy (non-hydrogen) atoms. The van der Waals surface area contributed by atoms with E-state index in [0.717, 1.165) is 10.6 Å². The van der Waals surface area contributed by atoms with Crippen LogP contribution < -0.4 is 10.6 Å². The number of nitrogens with zero attached hydrogens (tertiary/aromatic N) is 3. The minimum Gasteiger partial charge on any atom is -0.363 e. The molecule has 1 aliphatic rings. The van der Waals surface area contributed by atoms with Crippen LogP contribution in [0.25, 0.3) is 0 Å². The molecule has 2 aromatic rings. The summed E-state index contributed by atoms with van der Waals surface area (Å²) >= 11 is 1.58. The molecule has 0 radical (unpaired) electrons. The number of carbonyl (C=O) groups excluding carboxylic acids is 1. The van der Waals surface area contributed by atoms with E-state index < -0.39 is 0 Å². The molecule has 0 spiro atoms. The lowest BCUT2D eigenvalue weighted by Gasteiger charge is -2.06. The quantitative estimate of drug-likeness (QED) is 0.847. The predicted molar refractivity (Wildman–Crippen MR) is 63.8 cm³/mol. The highest BCUT2D eigenvalue weighted by Gasteiger charge is 2.22. The Balaban J connectivity index is 1.80. The van der Waals surface area contributed by atoms with Crippen LogP contribution in [-0.4, -0.2) is 20.9 Å². The molecule has 2 N–H and O–H groups in total. The normalized spacial score (nSPS) is 13.3. The van der Waals surface area contributed by atoms with Crippen molar-refractivity contribution < 1.29 is 4.79 Å². The molecule has 86 valence electrons. The Bertz CT molecular complexity index is 554. The fourth-order valence-electron chi connectivity index (χ4n) is 1.68. The van der Waals surface area contributed by atoms with Crippen molar-refractivity contribution in [2.24, 2.45) is 0 Å². The van der Waals surface area contributed by atoms with Gasteiger partial charge in [-0.3, -0.25) is 4.79 Å². The molecular weight excluding hydrogens is 238 g/mol.